The fraction of sp³-hybridized carbons (Fsp3) is 0.588. The van der Waals surface area contributed by atoms with Crippen LogP contribution in [0.5, 0.6) is 5.75 Å². The van der Waals surface area contributed by atoms with Gasteiger partial charge in [-0.1, -0.05) is 12.5 Å². The molecule has 1 aliphatic rings. The summed E-state index contributed by atoms with van der Waals surface area (Å²) >= 11 is 0. The fourth-order valence-corrected chi connectivity index (χ4v) is 3.30. The maximum absolute atomic E-state index is 11.9. The van der Waals surface area contributed by atoms with Crippen molar-refractivity contribution in [2.75, 3.05) is 13.7 Å². The van der Waals surface area contributed by atoms with E-state index in [2.05, 4.69) is 19.9 Å². The molecule has 1 aliphatic carbocycles. The van der Waals surface area contributed by atoms with E-state index < -0.39 is 5.54 Å². The van der Waals surface area contributed by atoms with Gasteiger partial charge in [-0.3, -0.25) is 4.79 Å². The summed E-state index contributed by atoms with van der Waals surface area (Å²) in [6.45, 7) is 4.68. The Morgan fingerprint density at radius 1 is 1.33 bits per heavy atom. The van der Waals surface area contributed by atoms with Gasteiger partial charge in [0.2, 0.25) is 0 Å². The van der Waals surface area contributed by atoms with Crippen LogP contribution in [-0.4, -0.2) is 25.2 Å². The highest BCUT2D eigenvalue weighted by molar-refractivity contribution is 5.81. The molecule has 0 aromatic heterocycles. The number of esters is 1. The smallest absolute Gasteiger partial charge is 0.326 e. The molecule has 116 valence electrons. The zero-order chi connectivity index (χ0) is 15.5. The number of methoxy groups -OCH3 is 1. The van der Waals surface area contributed by atoms with Crippen LogP contribution in [0.15, 0.2) is 18.2 Å². The Balaban J connectivity index is 1.92. The Morgan fingerprint density at radius 3 is 2.62 bits per heavy atom. The number of hydrogen-bond donors (Lipinski definition) is 1. The minimum absolute atomic E-state index is 0.135. The van der Waals surface area contributed by atoms with Crippen LogP contribution >= 0.6 is 0 Å². The third-order valence-corrected chi connectivity index (χ3v) is 4.37. The first-order valence-corrected chi connectivity index (χ1v) is 7.54. The summed E-state index contributed by atoms with van der Waals surface area (Å²) in [6.07, 6.45) is 3.41. The van der Waals surface area contributed by atoms with E-state index in [0.717, 1.165) is 25.0 Å². The first-order valence-electron chi connectivity index (χ1n) is 7.54. The predicted octanol–water partition coefficient (Wildman–Crippen LogP) is 2.74. The Morgan fingerprint density at radius 2 is 2.00 bits per heavy atom. The molecule has 2 rings (SSSR count). The van der Waals surface area contributed by atoms with Crippen LogP contribution in [0.3, 0.4) is 0 Å². The molecule has 1 aromatic rings. The lowest BCUT2D eigenvalue weighted by Crippen LogP contribution is -2.52. The lowest BCUT2D eigenvalue weighted by molar-refractivity contribution is -0.148. The average Bonchev–Trinajstić information content (AvgIpc) is 2.79. The summed E-state index contributed by atoms with van der Waals surface area (Å²) in [4.78, 5) is 11.9. The maximum Gasteiger partial charge on any atom is 0.326 e. The van der Waals surface area contributed by atoms with E-state index in [9.17, 15) is 4.79 Å². The fourth-order valence-electron chi connectivity index (χ4n) is 3.30. The van der Waals surface area contributed by atoms with Crippen LogP contribution in [0.4, 0.5) is 0 Å². The van der Waals surface area contributed by atoms with Crippen molar-refractivity contribution >= 4 is 5.97 Å². The van der Waals surface area contributed by atoms with Gasteiger partial charge >= 0.3 is 5.97 Å². The number of nitrogens with two attached hydrogens (primary N) is 1. The van der Waals surface area contributed by atoms with Gasteiger partial charge in [-0.2, -0.15) is 0 Å². The Hall–Kier alpha value is -1.55. The van der Waals surface area contributed by atoms with E-state index in [1.165, 1.54) is 18.2 Å². The summed E-state index contributed by atoms with van der Waals surface area (Å²) in [6, 6.07) is 6.17. The Labute approximate surface area is 126 Å². The molecule has 2 atom stereocenters. The van der Waals surface area contributed by atoms with Crippen molar-refractivity contribution in [2.24, 2.45) is 11.7 Å². The number of benzene rings is 1. The van der Waals surface area contributed by atoms with Gasteiger partial charge < -0.3 is 15.2 Å². The predicted molar refractivity (Wildman–Crippen MR) is 82.3 cm³/mol. The van der Waals surface area contributed by atoms with Crippen LogP contribution in [0, 0.1) is 19.8 Å². The van der Waals surface area contributed by atoms with Crippen molar-refractivity contribution in [1.29, 1.82) is 0 Å². The molecule has 2 unspecified atom stereocenters. The quantitative estimate of drug-likeness (QED) is 0.847. The Bertz CT molecular complexity index is 495. The van der Waals surface area contributed by atoms with Crippen LogP contribution in [0.1, 0.15) is 36.8 Å². The van der Waals surface area contributed by atoms with Gasteiger partial charge in [-0.05, 0) is 62.3 Å². The molecule has 0 amide bonds. The molecule has 1 aromatic carbocycles. The van der Waals surface area contributed by atoms with Crippen LogP contribution in [0.2, 0.25) is 0 Å². The largest absolute Gasteiger partial charge is 0.494 e. The molecule has 0 aliphatic heterocycles. The van der Waals surface area contributed by atoms with E-state index in [1.54, 1.807) is 0 Å². The molecular weight excluding hydrogens is 266 g/mol. The van der Waals surface area contributed by atoms with E-state index >= 15 is 0 Å². The van der Waals surface area contributed by atoms with Crippen molar-refractivity contribution in [1.82, 2.24) is 0 Å². The Kier molecular flexibility index (Phi) is 4.88. The zero-order valence-corrected chi connectivity index (χ0v) is 13.1. The molecule has 0 heterocycles. The van der Waals surface area contributed by atoms with Gasteiger partial charge in [0.05, 0.1) is 13.7 Å². The van der Waals surface area contributed by atoms with Gasteiger partial charge in [0.1, 0.15) is 11.3 Å². The third-order valence-electron chi connectivity index (χ3n) is 4.37. The molecule has 0 radical (unpaired) electrons. The van der Waals surface area contributed by atoms with Gasteiger partial charge in [-0.15, -0.1) is 0 Å². The first kappa shape index (κ1) is 15.8. The lowest BCUT2D eigenvalue weighted by atomic mass is 9.86. The van der Waals surface area contributed by atoms with Crippen molar-refractivity contribution in [3.05, 3.63) is 29.3 Å². The van der Waals surface area contributed by atoms with E-state index in [0.29, 0.717) is 13.0 Å². The van der Waals surface area contributed by atoms with Gasteiger partial charge in [-0.25, -0.2) is 0 Å². The summed E-state index contributed by atoms with van der Waals surface area (Å²) in [5.74, 6) is 0.721. The lowest BCUT2D eigenvalue weighted by Gasteiger charge is -2.28. The molecule has 4 heteroatoms. The highest BCUT2D eigenvalue weighted by Gasteiger charge is 2.46. The normalized spacial score (nSPS) is 24.9. The van der Waals surface area contributed by atoms with Crippen molar-refractivity contribution in [2.45, 2.75) is 45.1 Å². The highest BCUT2D eigenvalue weighted by Crippen LogP contribution is 2.37. The molecule has 4 nitrogen and oxygen atoms in total. The van der Waals surface area contributed by atoms with Crippen LogP contribution in [-0.2, 0) is 9.53 Å². The van der Waals surface area contributed by atoms with Gasteiger partial charge in [0.15, 0.2) is 0 Å². The van der Waals surface area contributed by atoms with Crippen molar-refractivity contribution in [3.8, 4) is 5.75 Å². The minimum Gasteiger partial charge on any atom is -0.494 e. The first-order chi connectivity index (χ1) is 9.95. The number of rotatable bonds is 5. The molecule has 21 heavy (non-hydrogen) atoms. The number of aryl methyl sites for hydroxylation is 2. The van der Waals surface area contributed by atoms with E-state index in [4.69, 9.17) is 15.2 Å². The average molecular weight is 291 g/mol. The third kappa shape index (κ3) is 3.56. The molecule has 0 spiro atoms. The maximum atomic E-state index is 11.9. The van der Waals surface area contributed by atoms with E-state index in [-0.39, 0.29) is 11.9 Å². The van der Waals surface area contributed by atoms with Crippen LogP contribution < -0.4 is 10.5 Å². The number of carbonyl (C=O) groups excluding carboxylic acids is 1. The second-order valence-electron chi connectivity index (χ2n) is 6.08. The second kappa shape index (κ2) is 6.48. The zero-order valence-electron chi connectivity index (χ0n) is 13.1. The van der Waals surface area contributed by atoms with Crippen molar-refractivity contribution < 1.29 is 14.3 Å². The van der Waals surface area contributed by atoms with Gasteiger partial charge in [0, 0.05) is 0 Å². The van der Waals surface area contributed by atoms with Crippen LogP contribution in [0.25, 0.3) is 0 Å². The van der Waals surface area contributed by atoms with Crippen molar-refractivity contribution in [3.63, 3.8) is 0 Å². The number of ether oxygens (including phenoxy) is 2. The van der Waals surface area contributed by atoms with E-state index in [1.807, 2.05) is 12.1 Å². The summed E-state index contributed by atoms with van der Waals surface area (Å²) in [5.41, 5.74) is 7.80. The summed E-state index contributed by atoms with van der Waals surface area (Å²) in [5, 5.41) is 0. The highest BCUT2D eigenvalue weighted by atomic mass is 16.5. The molecule has 1 fully saturated rings. The SMILES string of the molecule is COC(=O)C1(N)CCCC1CCOc1cc(C)cc(C)c1. The molecular formula is C17H25NO3. The molecule has 1 saturated carbocycles. The van der Waals surface area contributed by atoms with Gasteiger partial charge in [0.25, 0.3) is 0 Å². The molecule has 2 N–H and O–H groups in total. The monoisotopic (exact) mass is 291 g/mol. The number of carbonyl (C=O) groups is 1. The second-order valence-corrected chi connectivity index (χ2v) is 6.08. The summed E-state index contributed by atoms with van der Waals surface area (Å²) in [7, 11) is 1.40. The molecule has 0 bridgehead atoms. The topological polar surface area (TPSA) is 61.5 Å². The minimum atomic E-state index is -0.833. The standard InChI is InChI=1S/C17H25NO3/c1-12-9-13(2)11-15(10-12)21-8-6-14-5-4-7-17(14,18)16(19)20-3/h9-11,14H,4-8,18H2,1-3H3. The number of hydrogen-bond acceptors (Lipinski definition) is 4. The molecule has 0 saturated heterocycles. The summed E-state index contributed by atoms with van der Waals surface area (Å²) < 4.78 is 10.7.